The van der Waals surface area contributed by atoms with Crippen molar-refractivity contribution < 1.29 is 23.8 Å². The highest BCUT2D eigenvalue weighted by Gasteiger charge is 2.31. The fourth-order valence-corrected chi connectivity index (χ4v) is 2.63. The van der Waals surface area contributed by atoms with E-state index in [0.29, 0.717) is 22.8 Å². The van der Waals surface area contributed by atoms with E-state index >= 15 is 0 Å². The number of hydrogen-bond donors (Lipinski definition) is 0. The Morgan fingerprint density at radius 2 is 2.00 bits per heavy atom. The number of allylic oxidation sites excluding steroid dienone is 1. The van der Waals surface area contributed by atoms with Crippen molar-refractivity contribution in [2.24, 2.45) is 5.92 Å². The maximum Gasteiger partial charge on any atom is 0.314 e. The van der Waals surface area contributed by atoms with Gasteiger partial charge >= 0.3 is 5.97 Å². The molecule has 0 radical (unpaired) electrons. The summed E-state index contributed by atoms with van der Waals surface area (Å²) in [5.74, 6) is 1.46. The fraction of sp³-hybridized carbons (Fsp3) is 0.200. The smallest absolute Gasteiger partial charge is 0.314 e. The molecule has 2 aromatic rings. The Hall–Kier alpha value is -3.08. The van der Waals surface area contributed by atoms with Gasteiger partial charge in [0.25, 0.3) is 0 Å². The molecule has 2 aliphatic rings. The molecule has 0 saturated heterocycles. The van der Waals surface area contributed by atoms with E-state index in [-0.39, 0.29) is 23.4 Å². The van der Waals surface area contributed by atoms with Crippen molar-refractivity contribution in [2.75, 3.05) is 7.11 Å². The lowest BCUT2D eigenvalue weighted by Gasteiger charge is -2.04. The standard InChI is InChI=1S/C20H16O5/c1-23-14-7-8-16-17(11-14)25-18(19(16)21)10-12-3-2-4-15(9-12)24-20(22)13-5-6-13/h2-4,7-11,13H,5-6H2,1H3/b18-10-. The zero-order valence-electron chi connectivity index (χ0n) is 13.7. The maximum absolute atomic E-state index is 12.4. The Morgan fingerprint density at radius 3 is 2.76 bits per heavy atom. The molecule has 0 bridgehead atoms. The fourth-order valence-electron chi connectivity index (χ4n) is 2.63. The van der Waals surface area contributed by atoms with Gasteiger partial charge in [0.1, 0.15) is 17.2 Å². The molecule has 1 fully saturated rings. The Kier molecular flexibility index (Phi) is 3.76. The third-order valence-electron chi connectivity index (χ3n) is 4.16. The van der Waals surface area contributed by atoms with Crippen molar-refractivity contribution in [3.8, 4) is 17.2 Å². The van der Waals surface area contributed by atoms with Crippen LogP contribution in [0.5, 0.6) is 17.2 Å². The minimum Gasteiger partial charge on any atom is -0.497 e. The molecule has 126 valence electrons. The van der Waals surface area contributed by atoms with Crippen LogP contribution in [0.15, 0.2) is 48.2 Å². The van der Waals surface area contributed by atoms with E-state index in [0.717, 1.165) is 18.4 Å². The van der Waals surface area contributed by atoms with Gasteiger partial charge in [-0.15, -0.1) is 0 Å². The molecule has 0 amide bonds. The first kappa shape index (κ1) is 15.4. The van der Waals surface area contributed by atoms with E-state index in [1.54, 1.807) is 49.6 Å². The van der Waals surface area contributed by atoms with Gasteiger partial charge in [-0.05, 0) is 48.7 Å². The van der Waals surface area contributed by atoms with Crippen LogP contribution < -0.4 is 14.2 Å². The maximum atomic E-state index is 12.4. The van der Waals surface area contributed by atoms with Crippen LogP contribution in [0.4, 0.5) is 0 Å². The van der Waals surface area contributed by atoms with Crippen LogP contribution in [0.25, 0.3) is 6.08 Å². The highest BCUT2D eigenvalue weighted by molar-refractivity contribution is 6.14. The summed E-state index contributed by atoms with van der Waals surface area (Å²) in [6, 6.07) is 12.1. The van der Waals surface area contributed by atoms with Crippen molar-refractivity contribution >= 4 is 17.8 Å². The van der Waals surface area contributed by atoms with Crippen molar-refractivity contribution in [1.82, 2.24) is 0 Å². The largest absolute Gasteiger partial charge is 0.497 e. The lowest BCUT2D eigenvalue weighted by Crippen LogP contribution is -2.09. The number of fused-ring (bicyclic) bond motifs is 1. The first-order valence-corrected chi connectivity index (χ1v) is 8.08. The van der Waals surface area contributed by atoms with Crippen LogP contribution in [-0.4, -0.2) is 18.9 Å². The van der Waals surface area contributed by atoms with Gasteiger partial charge in [0.2, 0.25) is 5.78 Å². The topological polar surface area (TPSA) is 61.8 Å². The summed E-state index contributed by atoms with van der Waals surface area (Å²) in [5.41, 5.74) is 1.23. The number of hydrogen-bond acceptors (Lipinski definition) is 5. The van der Waals surface area contributed by atoms with Gasteiger partial charge in [-0.3, -0.25) is 9.59 Å². The molecule has 1 aliphatic carbocycles. The molecule has 1 aliphatic heterocycles. The van der Waals surface area contributed by atoms with Crippen LogP contribution >= 0.6 is 0 Å². The van der Waals surface area contributed by atoms with E-state index < -0.39 is 0 Å². The second-order valence-corrected chi connectivity index (χ2v) is 6.07. The van der Waals surface area contributed by atoms with Crippen molar-refractivity contribution in [3.05, 3.63) is 59.4 Å². The summed E-state index contributed by atoms with van der Waals surface area (Å²) in [7, 11) is 1.56. The highest BCUT2D eigenvalue weighted by Crippen LogP contribution is 2.35. The van der Waals surface area contributed by atoms with Crippen molar-refractivity contribution in [1.29, 1.82) is 0 Å². The highest BCUT2D eigenvalue weighted by atomic mass is 16.5. The van der Waals surface area contributed by atoms with Crippen LogP contribution in [0.2, 0.25) is 0 Å². The number of carbonyl (C=O) groups excluding carboxylic acids is 2. The predicted octanol–water partition coefficient (Wildman–Crippen LogP) is 3.63. The molecule has 1 saturated carbocycles. The number of rotatable bonds is 4. The molecule has 0 unspecified atom stereocenters. The summed E-state index contributed by atoms with van der Waals surface area (Å²) in [5, 5.41) is 0. The van der Waals surface area contributed by atoms with Crippen LogP contribution in [0.1, 0.15) is 28.8 Å². The van der Waals surface area contributed by atoms with E-state index in [4.69, 9.17) is 14.2 Å². The molecule has 1 heterocycles. The Labute approximate surface area is 144 Å². The quantitative estimate of drug-likeness (QED) is 0.485. The predicted molar refractivity (Wildman–Crippen MR) is 90.7 cm³/mol. The zero-order chi connectivity index (χ0) is 17.4. The molecule has 4 rings (SSSR count). The van der Waals surface area contributed by atoms with Crippen molar-refractivity contribution in [2.45, 2.75) is 12.8 Å². The SMILES string of the molecule is COc1ccc2c(c1)O/C(=C\c1cccc(OC(=O)C3CC3)c1)C2=O. The average molecular weight is 336 g/mol. The van der Waals surface area contributed by atoms with Gasteiger partial charge in [0.15, 0.2) is 5.76 Å². The lowest BCUT2D eigenvalue weighted by molar-refractivity contribution is -0.135. The number of carbonyl (C=O) groups is 2. The van der Waals surface area contributed by atoms with Gasteiger partial charge in [-0.1, -0.05) is 12.1 Å². The first-order valence-electron chi connectivity index (χ1n) is 8.08. The van der Waals surface area contributed by atoms with Crippen LogP contribution in [0.3, 0.4) is 0 Å². The normalized spacial score (nSPS) is 17.2. The van der Waals surface area contributed by atoms with Crippen molar-refractivity contribution in [3.63, 3.8) is 0 Å². The molecule has 0 atom stereocenters. The summed E-state index contributed by atoms with van der Waals surface area (Å²) < 4.78 is 16.2. The second-order valence-electron chi connectivity index (χ2n) is 6.07. The number of methoxy groups -OCH3 is 1. The Bertz CT molecular complexity index is 893. The van der Waals surface area contributed by atoms with Crippen LogP contribution in [-0.2, 0) is 4.79 Å². The minimum atomic E-state index is -0.197. The van der Waals surface area contributed by atoms with E-state index in [1.807, 2.05) is 6.07 Å². The third-order valence-corrected chi connectivity index (χ3v) is 4.16. The first-order chi connectivity index (χ1) is 12.1. The molecule has 0 aromatic heterocycles. The molecule has 0 spiro atoms. The Morgan fingerprint density at radius 1 is 1.16 bits per heavy atom. The Balaban J connectivity index is 1.56. The molecule has 2 aromatic carbocycles. The molecule has 0 N–H and O–H groups in total. The van der Waals surface area contributed by atoms with E-state index in [9.17, 15) is 9.59 Å². The summed E-state index contributed by atoms with van der Waals surface area (Å²) in [4.78, 5) is 24.2. The second kappa shape index (κ2) is 6.09. The van der Waals surface area contributed by atoms with Gasteiger partial charge in [0.05, 0.1) is 18.6 Å². The zero-order valence-corrected chi connectivity index (χ0v) is 13.7. The number of ketones is 1. The molecule has 25 heavy (non-hydrogen) atoms. The number of esters is 1. The average Bonchev–Trinajstić information content (AvgIpc) is 3.42. The third kappa shape index (κ3) is 3.13. The lowest BCUT2D eigenvalue weighted by atomic mass is 10.1. The van der Waals surface area contributed by atoms with E-state index in [1.165, 1.54) is 0 Å². The number of benzene rings is 2. The van der Waals surface area contributed by atoms with E-state index in [2.05, 4.69) is 0 Å². The molecular formula is C20H16O5. The molecule has 5 heteroatoms. The number of ether oxygens (including phenoxy) is 3. The molecular weight excluding hydrogens is 320 g/mol. The number of Topliss-reactive ketones (excluding diaryl/α,β-unsaturated/α-hetero) is 1. The van der Waals surface area contributed by atoms with Gasteiger partial charge in [-0.2, -0.15) is 0 Å². The summed E-state index contributed by atoms with van der Waals surface area (Å²) in [6.07, 6.45) is 3.43. The van der Waals surface area contributed by atoms with Gasteiger partial charge in [-0.25, -0.2) is 0 Å². The molecule has 5 nitrogen and oxygen atoms in total. The summed E-state index contributed by atoms with van der Waals surface area (Å²) in [6.45, 7) is 0. The van der Waals surface area contributed by atoms with Gasteiger partial charge < -0.3 is 14.2 Å². The minimum absolute atomic E-state index is 0.0335. The van der Waals surface area contributed by atoms with Gasteiger partial charge in [0, 0.05) is 6.07 Å². The summed E-state index contributed by atoms with van der Waals surface area (Å²) >= 11 is 0. The monoisotopic (exact) mass is 336 g/mol. The van der Waals surface area contributed by atoms with Crippen LogP contribution in [0, 0.1) is 5.92 Å².